The minimum Gasteiger partial charge on any atom is -0.272 e. The number of hydrogen-bond donors (Lipinski definition) is 0. The summed E-state index contributed by atoms with van der Waals surface area (Å²) in [6.07, 6.45) is -8.32. The van der Waals surface area contributed by atoms with Crippen LogP contribution in [0.5, 0.6) is 0 Å². The van der Waals surface area contributed by atoms with Crippen molar-refractivity contribution in [2.24, 2.45) is 11.8 Å². The van der Waals surface area contributed by atoms with Crippen molar-refractivity contribution in [2.75, 3.05) is 11.0 Å². The third-order valence-corrected chi connectivity index (χ3v) is 5.38. The van der Waals surface area contributed by atoms with Gasteiger partial charge in [-0.1, -0.05) is 52.9 Å². The van der Waals surface area contributed by atoms with Crippen LogP contribution in [0, 0.1) is 11.8 Å². The molecule has 0 N–H and O–H groups in total. The van der Waals surface area contributed by atoms with E-state index in [4.69, 9.17) is 4.84 Å². The highest BCUT2D eigenvalue weighted by Gasteiger charge is 2.73. The Hall–Kier alpha value is -1.11. The molecular weight excluding hydrogens is 498 g/mol. The molecule has 2 rings (SSSR count). The number of carbonyl (C=O) groups is 1. The van der Waals surface area contributed by atoms with E-state index >= 15 is 0 Å². The molecule has 0 bridgehead atoms. The van der Waals surface area contributed by atoms with Crippen molar-refractivity contribution >= 4 is 28.5 Å². The summed E-state index contributed by atoms with van der Waals surface area (Å²) >= 11 is 1.76. The number of hydroxylamine groups is 2. The van der Waals surface area contributed by atoms with Gasteiger partial charge in [0.15, 0.2) is 0 Å². The zero-order valence-electron chi connectivity index (χ0n) is 13.7. The molecule has 0 aliphatic carbocycles. The molecule has 1 amide bonds. The van der Waals surface area contributed by atoms with Gasteiger partial charge >= 0.3 is 18.0 Å². The number of amides is 1. The lowest BCUT2D eigenvalue weighted by molar-refractivity contribution is -0.357. The van der Waals surface area contributed by atoms with Gasteiger partial charge in [-0.05, 0) is 11.5 Å². The van der Waals surface area contributed by atoms with E-state index in [9.17, 15) is 35.5 Å². The molecule has 0 spiro atoms. The molecule has 1 fully saturated rings. The van der Waals surface area contributed by atoms with E-state index in [-0.39, 0.29) is 17.6 Å². The van der Waals surface area contributed by atoms with E-state index < -0.39 is 42.2 Å². The second-order valence-electron chi connectivity index (χ2n) is 6.16. The summed E-state index contributed by atoms with van der Waals surface area (Å²) in [5.74, 6) is -15.2. The summed E-state index contributed by atoms with van der Waals surface area (Å²) in [5, 5.41) is 0.767. The molecule has 1 aliphatic heterocycles. The second-order valence-corrected chi connectivity index (χ2v) is 7.04. The highest BCUT2D eigenvalue weighted by atomic mass is 127. The predicted octanol–water partition coefficient (Wildman–Crippen LogP) is 4.85. The summed E-state index contributed by atoms with van der Waals surface area (Å²) in [6.45, 7) is -0.227. The van der Waals surface area contributed by atoms with Crippen LogP contribution in [0.4, 0.5) is 30.7 Å². The van der Waals surface area contributed by atoms with Crippen molar-refractivity contribution < 1.29 is 40.4 Å². The van der Waals surface area contributed by atoms with Crippen LogP contribution in [0.2, 0.25) is 0 Å². The minimum absolute atomic E-state index is 0.0671. The third-order valence-electron chi connectivity index (χ3n) is 4.25. The first-order valence-electron chi connectivity index (χ1n) is 7.77. The van der Waals surface area contributed by atoms with Gasteiger partial charge in [-0.25, -0.2) is 5.06 Å². The molecule has 1 saturated heterocycles. The third kappa shape index (κ3) is 4.66. The molecule has 152 valence electrons. The van der Waals surface area contributed by atoms with Gasteiger partial charge in [0.25, 0.3) is 0 Å². The standard InChI is InChI=1S/C16H15F7INO2/c17-14(18,15(19,20)16(21,22)23)6-12-11(7-24)8-25(13(12)26)27-9-10-4-2-1-3-5-10/h1-5,11-12H,6-9H2/t11-,12+/m1/s1. The van der Waals surface area contributed by atoms with Crippen LogP contribution in [0.1, 0.15) is 12.0 Å². The number of nitrogens with zero attached hydrogens (tertiary/aromatic N) is 1. The fraction of sp³-hybridized carbons (Fsp3) is 0.562. The number of alkyl halides is 8. The van der Waals surface area contributed by atoms with Crippen LogP contribution in [0.25, 0.3) is 0 Å². The van der Waals surface area contributed by atoms with Crippen LogP contribution in [-0.2, 0) is 16.2 Å². The second kappa shape index (κ2) is 8.10. The number of halogens is 8. The first-order valence-corrected chi connectivity index (χ1v) is 9.30. The fourth-order valence-corrected chi connectivity index (χ4v) is 3.57. The van der Waals surface area contributed by atoms with Crippen LogP contribution in [0.15, 0.2) is 30.3 Å². The smallest absolute Gasteiger partial charge is 0.272 e. The van der Waals surface area contributed by atoms with Crippen molar-refractivity contribution in [2.45, 2.75) is 31.0 Å². The molecule has 1 heterocycles. The highest BCUT2D eigenvalue weighted by Crippen LogP contribution is 2.50. The van der Waals surface area contributed by atoms with Crippen LogP contribution in [-0.4, -0.2) is 40.0 Å². The molecule has 1 aromatic carbocycles. The Balaban J connectivity index is 2.10. The molecule has 27 heavy (non-hydrogen) atoms. The number of rotatable bonds is 7. The van der Waals surface area contributed by atoms with E-state index in [0.717, 1.165) is 5.06 Å². The lowest BCUT2D eigenvalue weighted by Gasteiger charge is -2.30. The molecule has 0 radical (unpaired) electrons. The van der Waals surface area contributed by atoms with Crippen molar-refractivity contribution in [3.05, 3.63) is 35.9 Å². The van der Waals surface area contributed by atoms with E-state index in [1.165, 1.54) is 0 Å². The summed E-state index contributed by atoms with van der Waals surface area (Å²) in [7, 11) is 0. The van der Waals surface area contributed by atoms with Gasteiger partial charge in [0.1, 0.15) is 6.61 Å². The number of carbonyl (C=O) groups excluding carboxylic acids is 1. The van der Waals surface area contributed by atoms with Crippen molar-refractivity contribution in [3.63, 3.8) is 0 Å². The molecule has 3 nitrogen and oxygen atoms in total. The van der Waals surface area contributed by atoms with E-state index in [2.05, 4.69) is 0 Å². The number of benzene rings is 1. The molecule has 0 aromatic heterocycles. The highest BCUT2D eigenvalue weighted by molar-refractivity contribution is 14.1. The van der Waals surface area contributed by atoms with E-state index in [0.29, 0.717) is 5.56 Å². The average Bonchev–Trinajstić information content (AvgIpc) is 2.88. The zero-order valence-corrected chi connectivity index (χ0v) is 15.8. The van der Waals surface area contributed by atoms with Gasteiger partial charge < -0.3 is 0 Å². The Bertz CT molecular complexity index is 654. The fourth-order valence-electron chi connectivity index (χ4n) is 2.68. The van der Waals surface area contributed by atoms with Gasteiger partial charge in [-0.15, -0.1) is 0 Å². The Morgan fingerprint density at radius 1 is 1.07 bits per heavy atom. The van der Waals surface area contributed by atoms with E-state index in [1.807, 2.05) is 0 Å². The molecule has 11 heteroatoms. The van der Waals surface area contributed by atoms with Gasteiger partial charge in [0.05, 0.1) is 12.5 Å². The Kier molecular flexibility index (Phi) is 6.65. The quantitative estimate of drug-likeness (QED) is 0.297. The van der Waals surface area contributed by atoms with Crippen molar-refractivity contribution in [3.8, 4) is 0 Å². The summed E-state index contributed by atoms with van der Waals surface area (Å²) in [5.41, 5.74) is 0.675. The maximum Gasteiger partial charge on any atom is 0.459 e. The predicted molar refractivity (Wildman–Crippen MR) is 89.4 cm³/mol. The summed E-state index contributed by atoms with van der Waals surface area (Å²) < 4.78 is 90.8. The van der Waals surface area contributed by atoms with Crippen LogP contribution < -0.4 is 0 Å². The normalized spacial score (nSPS) is 21.8. The molecule has 2 atom stereocenters. The summed E-state index contributed by atoms with van der Waals surface area (Å²) in [6, 6.07) is 8.54. The van der Waals surface area contributed by atoms with Crippen LogP contribution >= 0.6 is 22.6 Å². The van der Waals surface area contributed by atoms with Gasteiger partial charge in [-0.3, -0.25) is 9.63 Å². The Morgan fingerprint density at radius 3 is 2.19 bits per heavy atom. The maximum atomic E-state index is 13.7. The molecule has 1 aromatic rings. The number of hydrogen-bond acceptors (Lipinski definition) is 2. The van der Waals surface area contributed by atoms with Gasteiger partial charge in [0, 0.05) is 10.8 Å². The topological polar surface area (TPSA) is 29.5 Å². The first-order chi connectivity index (χ1) is 12.4. The molecule has 1 aliphatic rings. The molecule has 0 unspecified atom stereocenters. The van der Waals surface area contributed by atoms with Crippen LogP contribution in [0.3, 0.4) is 0 Å². The van der Waals surface area contributed by atoms with Crippen molar-refractivity contribution in [1.82, 2.24) is 5.06 Å². The largest absolute Gasteiger partial charge is 0.459 e. The van der Waals surface area contributed by atoms with Gasteiger partial charge in [0.2, 0.25) is 5.91 Å². The monoisotopic (exact) mass is 513 g/mol. The Labute approximate surface area is 163 Å². The summed E-state index contributed by atoms with van der Waals surface area (Å²) in [4.78, 5) is 17.5. The lowest BCUT2D eigenvalue weighted by Crippen LogP contribution is -2.53. The minimum atomic E-state index is -6.42. The molecular formula is C16H15F7INO2. The zero-order chi connectivity index (χ0) is 20.5. The van der Waals surface area contributed by atoms with Gasteiger partial charge in [-0.2, -0.15) is 30.7 Å². The maximum absolute atomic E-state index is 13.7. The van der Waals surface area contributed by atoms with E-state index in [1.54, 1.807) is 52.9 Å². The molecule has 0 saturated carbocycles. The first kappa shape index (κ1) is 22.2. The lowest BCUT2D eigenvalue weighted by atomic mass is 9.89. The average molecular weight is 513 g/mol. The SMILES string of the molecule is O=C1[C@@H](CC(F)(F)C(F)(F)C(F)(F)F)[C@H](CI)CN1OCc1ccccc1. The van der Waals surface area contributed by atoms with Crippen molar-refractivity contribution in [1.29, 1.82) is 0 Å². The Morgan fingerprint density at radius 2 is 1.67 bits per heavy atom.